The molecule has 8 heteroatoms. The van der Waals surface area contributed by atoms with Gasteiger partial charge in [0.2, 0.25) is 0 Å². The van der Waals surface area contributed by atoms with E-state index in [4.69, 9.17) is 9.47 Å². The molecule has 4 rings (SSSR count). The number of nitrogens with one attached hydrogen (secondary N) is 1. The molecule has 1 aliphatic heterocycles. The lowest BCUT2D eigenvalue weighted by Crippen LogP contribution is -2.39. The molecule has 0 spiro atoms. The molecule has 1 aliphatic rings. The summed E-state index contributed by atoms with van der Waals surface area (Å²) in [4.78, 5) is 27.6. The van der Waals surface area contributed by atoms with Crippen LogP contribution in [0.1, 0.15) is 51.9 Å². The number of fused-ring (bicyclic) bond motifs is 1. The quantitative estimate of drug-likeness (QED) is 0.592. The zero-order valence-electron chi connectivity index (χ0n) is 19.3. The number of nitrogens with zero attached hydrogens (tertiary/aromatic N) is 3. The van der Waals surface area contributed by atoms with Gasteiger partial charge in [0.25, 0.3) is 11.8 Å². The number of carbonyl (C=O) groups excluding carboxylic acids is 2. The molecule has 0 saturated carbocycles. The van der Waals surface area contributed by atoms with Gasteiger partial charge in [-0.1, -0.05) is 26.0 Å². The van der Waals surface area contributed by atoms with Gasteiger partial charge >= 0.3 is 0 Å². The second-order valence-corrected chi connectivity index (χ2v) is 8.32. The van der Waals surface area contributed by atoms with Crippen LogP contribution in [-0.4, -0.2) is 47.3 Å². The van der Waals surface area contributed by atoms with Crippen molar-refractivity contribution in [1.29, 1.82) is 0 Å². The van der Waals surface area contributed by atoms with Crippen molar-refractivity contribution >= 4 is 17.5 Å². The van der Waals surface area contributed by atoms with Crippen molar-refractivity contribution in [3.05, 3.63) is 71.0 Å². The summed E-state index contributed by atoms with van der Waals surface area (Å²) in [6.45, 7) is 5.65. The number of hydrogen-bond acceptors (Lipinski definition) is 5. The number of ether oxygens (including phenoxy) is 2. The highest BCUT2D eigenvalue weighted by Crippen LogP contribution is 2.25. The Morgan fingerprint density at radius 1 is 1.03 bits per heavy atom. The van der Waals surface area contributed by atoms with E-state index in [9.17, 15) is 9.59 Å². The summed E-state index contributed by atoms with van der Waals surface area (Å²) in [7, 11) is 3.18. The Balaban J connectivity index is 1.47. The van der Waals surface area contributed by atoms with Crippen molar-refractivity contribution < 1.29 is 19.1 Å². The summed E-state index contributed by atoms with van der Waals surface area (Å²) in [5.74, 6) is 1.24. The number of methoxy groups -OCH3 is 2. The van der Waals surface area contributed by atoms with E-state index in [0.29, 0.717) is 48.4 Å². The lowest BCUT2D eigenvalue weighted by atomic mass is 10.0. The van der Waals surface area contributed by atoms with E-state index in [1.54, 1.807) is 35.9 Å². The predicted octanol–water partition coefficient (Wildman–Crippen LogP) is 3.93. The first kappa shape index (κ1) is 22.4. The Morgan fingerprint density at radius 3 is 2.30 bits per heavy atom. The molecule has 172 valence electrons. The van der Waals surface area contributed by atoms with E-state index >= 15 is 0 Å². The van der Waals surface area contributed by atoms with Crippen LogP contribution < -0.4 is 14.8 Å². The van der Waals surface area contributed by atoms with Crippen LogP contribution in [0.5, 0.6) is 11.5 Å². The van der Waals surface area contributed by atoms with E-state index in [-0.39, 0.29) is 17.5 Å². The third kappa shape index (κ3) is 4.84. The minimum Gasteiger partial charge on any atom is -0.497 e. The van der Waals surface area contributed by atoms with Crippen molar-refractivity contribution in [3.8, 4) is 11.5 Å². The van der Waals surface area contributed by atoms with E-state index in [1.807, 2.05) is 36.4 Å². The maximum absolute atomic E-state index is 13.1. The van der Waals surface area contributed by atoms with Gasteiger partial charge in [-0.3, -0.25) is 14.3 Å². The number of aromatic nitrogens is 2. The summed E-state index contributed by atoms with van der Waals surface area (Å²) >= 11 is 0. The van der Waals surface area contributed by atoms with Crippen LogP contribution >= 0.6 is 0 Å². The van der Waals surface area contributed by atoms with Crippen molar-refractivity contribution in [2.45, 2.75) is 32.9 Å². The fraction of sp³-hybridized carbons (Fsp3) is 0.320. The second-order valence-electron chi connectivity index (χ2n) is 8.32. The number of carbonyl (C=O) groups is 2. The normalized spacial score (nSPS) is 13.1. The molecule has 0 aliphatic carbocycles. The summed E-state index contributed by atoms with van der Waals surface area (Å²) in [6, 6.07) is 14.8. The smallest absolute Gasteiger partial charge is 0.276 e. The molecule has 8 nitrogen and oxygen atoms in total. The Morgan fingerprint density at radius 2 is 1.70 bits per heavy atom. The average Bonchev–Trinajstić information content (AvgIpc) is 3.26. The highest BCUT2D eigenvalue weighted by Gasteiger charge is 2.28. The predicted molar refractivity (Wildman–Crippen MR) is 125 cm³/mol. The zero-order chi connectivity index (χ0) is 23.5. The molecule has 1 N–H and O–H groups in total. The van der Waals surface area contributed by atoms with Gasteiger partial charge in [0.05, 0.1) is 20.8 Å². The molecule has 1 aromatic heterocycles. The fourth-order valence-corrected chi connectivity index (χ4v) is 3.82. The summed E-state index contributed by atoms with van der Waals surface area (Å²) in [5.41, 5.74) is 3.41. The number of benzene rings is 2. The molecule has 0 saturated heterocycles. The summed E-state index contributed by atoms with van der Waals surface area (Å²) in [5, 5.41) is 7.21. The minimum atomic E-state index is -0.342. The first-order chi connectivity index (χ1) is 15.9. The van der Waals surface area contributed by atoms with Crippen molar-refractivity contribution in [2.75, 3.05) is 26.1 Å². The minimum absolute atomic E-state index is 0.170. The van der Waals surface area contributed by atoms with Gasteiger partial charge in [-0.25, -0.2) is 0 Å². The summed E-state index contributed by atoms with van der Waals surface area (Å²) in [6.07, 6.45) is 0. The van der Waals surface area contributed by atoms with Gasteiger partial charge in [0, 0.05) is 30.9 Å². The molecule has 2 amide bonds. The number of amides is 2. The fourth-order valence-electron chi connectivity index (χ4n) is 3.82. The highest BCUT2D eigenvalue weighted by atomic mass is 16.5. The zero-order valence-corrected chi connectivity index (χ0v) is 19.3. The molecule has 0 bridgehead atoms. The van der Waals surface area contributed by atoms with Crippen molar-refractivity contribution in [2.24, 2.45) is 0 Å². The van der Waals surface area contributed by atoms with E-state index < -0.39 is 0 Å². The number of hydrogen-bond donors (Lipinski definition) is 1. The maximum atomic E-state index is 13.1. The van der Waals surface area contributed by atoms with E-state index in [2.05, 4.69) is 24.3 Å². The highest BCUT2D eigenvalue weighted by molar-refractivity contribution is 6.04. The molecule has 0 atom stereocenters. The van der Waals surface area contributed by atoms with Crippen molar-refractivity contribution in [1.82, 2.24) is 14.7 Å². The number of rotatable bonds is 7. The second kappa shape index (κ2) is 9.36. The first-order valence-corrected chi connectivity index (χ1v) is 10.9. The third-order valence-electron chi connectivity index (χ3n) is 5.72. The largest absolute Gasteiger partial charge is 0.497 e. The monoisotopic (exact) mass is 448 g/mol. The van der Waals surface area contributed by atoms with Gasteiger partial charge in [0.1, 0.15) is 17.2 Å². The van der Waals surface area contributed by atoms with Crippen LogP contribution in [0.2, 0.25) is 0 Å². The topological polar surface area (TPSA) is 85.7 Å². The van der Waals surface area contributed by atoms with Gasteiger partial charge in [-0.05, 0) is 41.3 Å². The Labute approximate surface area is 193 Å². The van der Waals surface area contributed by atoms with Crippen LogP contribution in [0.3, 0.4) is 0 Å². The lowest BCUT2D eigenvalue weighted by molar-refractivity contribution is 0.0683. The van der Waals surface area contributed by atoms with Gasteiger partial charge < -0.3 is 19.7 Å². The molecule has 2 heterocycles. The van der Waals surface area contributed by atoms with Gasteiger partial charge in [0.15, 0.2) is 5.69 Å². The third-order valence-corrected chi connectivity index (χ3v) is 5.72. The Bertz CT molecular complexity index is 1150. The van der Waals surface area contributed by atoms with Crippen LogP contribution in [0, 0.1) is 0 Å². The average molecular weight is 449 g/mol. The van der Waals surface area contributed by atoms with Crippen molar-refractivity contribution in [3.63, 3.8) is 0 Å². The molecule has 0 fully saturated rings. The standard InChI is InChI=1S/C25H28N4O4/c1-16(2)18-5-7-19(8-6-18)26-24(30)22-14-23-25(31)28(9-10-29(23)27-22)15-17-11-20(32-3)13-21(12-17)33-4/h5-8,11-14,16H,9-10,15H2,1-4H3,(H,26,30). The molecular weight excluding hydrogens is 420 g/mol. The molecule has 0 radical (unpaired) electrons. The van der Waals surface area contributed by atoms with Gasteiger partial charge in [-0.2, -0.15) is 5.10 Å². The van der Waals surface area contributed by atoms with Gasteiger partial charge in [-0.15, -0.1) is 0 Å². The van der Waals surface area contributed by atoms with Crippen LogP contribution in [-0.2, 0) is 13.1 Å². The molecular formula is C25H28N4O4. The molecule has 0 unspecified atom stereocenters. The molecule has 2 aromatic carbocycles. The van der Waals surface area contributed by atoms with Crippen LogP contribution in [0.4, 0.5) is 5.69 Å². The van der Waals surface area contributed by atoms with E-state index in [0.717, 1.165) is 5.56 Å². The molecule has 3 aromatic rings. The van der Waals surface area contributed by atoms with Crippen LogP contribution in [0.25, 0.3) is 0 Å². The first-order valence-electron chi connectivity index (χ1n) is 10.9. The maximum Gasteiger partial charge on any atom is 0.276 e. The van der Waals surface area contributed by atoms with Crippen LogP contribution in [0.15, 0.2) is 48.5 Å². The SMILES string of the molecule is COc1cc(CN2CCn3nc(C(=O)Nc4ccc(C(C)C)cc4)cc3C2=O)cc(OC)c1. The Hall–Kier alpha value is -3.81. The number of anilines is 1. The Kier molecular flexibility index (Phi) is 6.35. The van der Waals surface area contributed by atoms with E-state index in [1.165, 1.54) is 5.56 Å². The molecule has 33 heavy (non-hydrogen) atoms. The lowest BCUT2D eigenvalue weighted by Gasteiger charge is -2.27. The summed E-state index contributed by atoms with van der Waals surface area (Å²) < 4.78 is 12.2.